The van der Waals surface area contributed by atoms with Crippen molar-refractivity contribution in [3.8, 4) is 0 Å². The fraction of sp³-hybridized carbons (Fsp3) is 0.391. The minimum atomic E-state index is -0.771. The molecule has 1 saturated carbocycles. The summed E-state index contributed by atoms with van der Waals surface area (Å²) in [5, 5.41) is 5.95. The van der Waals surface area contributed by atoms with Crippen LogP contribution >= 0.6 is 0 Å². The molecule has 0 aromatic heterocycles. The summed E-state index contributed by atoms with van der Waals surface area (Å²) in [6.45, 7) is 1.79. The van der Waals surface area contributed by atoms with Gasteiger partial charge in [0.05, 0.1) is 0 Å². The van der Waals surface area contributed by atoms with Gasteiger partial charge in [0.2, 0.25) is 5.91 Å². The van der Waals surface area contributed by atoms with Crippen LogP contribution in [0.25, 0.3) is 0 Å². The maximum absolute atomic E-state index is 13.4. The molecule has 2 aromatic rings. The summed E-state index contributed by atoms with van der Waals surface area (Å²) in [4.78, 5) is 27.9. The van der Waals surface area contributed by atoms with Crippen molar-refractivity contribution in [2.45, 2.75) is 50.7 Å². The number of nitrogens with zero attached hydrogens (tertiary/aromatic N) is 1. The van der Waals surface area contributed by atoms with E-state index in [1.807, 2.05) is 47.4 Å². The van der Waals surface area contributed by atoms with Gasteiger partial charge in [0.15, 0.2) is 0 Å². The smallest absolute Gasteiger partial charge is 0.315 e. The Kier molecular flexibility index (Phi) is 5.33. The third-order valence-electron chi connectivity index (χ3n) is 5.93. The van der Waals surface area contributed by atoms with Crippen LogP contribution in [0.1, 0.15) is 42.4 Å². The molecule has 5 nitrogen and oxygen atoms in total. The molecular formula is C23H27N3O2. The second-order valence-electron chi connectivity index (χ2n) is 7.83. The van der Waals surface area contributed by atoms with Gasteiger partial charge in [0.25, 0.3) is 0 Å². The SMILES string of the molecule is O=C(NCc1ccccc1)NC1(C(=O)N2CCc3ccccc3C2)CCCC1. The van der Waals surface area contributed by atoms with Gasteiger partial charge < -0.3 is 15.5 Å². The van der Waals surface area contributed by atoms with E-state index in [9.17, 15) is 9.59 Å². The van der Waals surface area contributed by atoms with Crippen molar-refractivity contribution in [1.82, 2.24) is 15.5 Å². The molecule has 1 heterocycles. The quantitative estimate of drug-likeness (QED) is 0.858. The van der Waals surface area contributed by atoms with Crippen LogP contribution in [-0.2, 0) is 24.3 Å². The normalized spacial score (nSPS) is 17.6. The lowest BCUT2D eigenvalue weighted by molar-refractivity contribution is -0.138. The summed E-state index contributed by atoms with van der Waals surface area (Å²) in [6, 6.07) is 17.8. The highest BCUT2D eigenvalue weighted by Gasteiger charge is 2.45. The number of hydrogen-bond acceptors (Lipinski definition) is 2. The van der Waals surface area contributed by atoms with Gasteiger partial charge >= 0.3 is 6.03 Å². The minimum Gasteiger partial charge on any atom is -0.336 e. The van der Waals surface area contributed by atoms with Crippen LogP contribution in [0.2, 0.25) is 0 Å². The zero-order chi connectivity index (χ0) is 19.4. The molecule has 0 bridgehead atoms. The molecule has 3 amide bonds. The Labute approximate surface area is 166 Å². The summed E-state index contributed by atoms with van der Waals surface area (Å²) in [7, 11) is 0. The van der Waals surface area contributed by atoms with Crippen LogP contribution in [0.4, 0.5) is 4.79 Å². The molecule has 1 aliphatic carbocycles. The second-order valence-corrected chi connectivity index (χ2v) is 7.83. The molecule has 0 spiro atoms. The molecule has 28 heavy (non-hydrogen) atoms. The standard InChI is InChI=1S/C23H27N3O2/c27-21(26-15-12-19-10-4-5-11-20(19)17-26)23(13-6-7-14-23)25-22(28)24-16-18-8-2-1-3-9-18/h1-5,8-11H,6-7,12-17H2,(H2,24,25,28). The Hall–Kier alpha value is -2.82. The monoisotopic (exact) mass is 377 g/mol. The van der Waals surface area contributed by atoms with Gasteiger partial charge in [-0.1, -0.05) is 67.4 Å². The summed E-state index contributed by atoms with van der Waals surface area (Å²) < 4.78 is 0. The lowest BCUT2D eigenvalue weighted by Gasteiger charge is -2.37. The highest BCUT2D eigenvalue weighted by Crippen LogP contribution is 2.33. The molecule has 0 unspecified atom stereocenters. The first-order valence-corrected chi connectivity index (χ1v) is 10.1. The van der Waals surface area contributed by atoms with Crippen molar-refractivity contribution in [2.24, 2.45) is 0 Å². The Bertz CT molecular complexity index is 844. The second kappa shape index (κ2) is 8.05. The molecule has 0 radical (unpaired) electrons. The minimum absolute atomic E-state index is 0.0642. The number of carbonyl (C=O) groups excluding carboxylic acids is 2. The Balaban J connectivity index is 1.42. The lowest BCUT2D eigenvalue weighted by Crippen LogP contribution is -2.60. The number of rotatable bonds is 4. The van der Waals surface area contributed by atoms with E-state index in [2.05, 4.69) is 22.8 Å². The molecule has 5 heteroatoms. The maximum atomic E-state index is 13.4. The molecule has 146 valence electrons. The highest BCUT2D eigenvalue weighted by molar-refractivity contribution is 5.91. The van der Waals surface area contributed by atoms with Crippen molar-refractivity contribution < 1.29 is 9.59 Å². The van der Waals surface area contributed by atoms with Crippen LogP contribution in [0.3, 0.4) is 0 Å². The molecule has 1 aliphatic heterocycles. The van der Waals surface area contributed by atoms with Crippen LogP contribution in [0.15, 0.2) is 54.6 Å². The summed E-state index contributed by atoms with van der Waals surface area (Å²) in [5.74, 6) is 0.0642. The van der Waals surface area contributed by atoms with Crippen LogP contribution < -0.4 is 10.6 Å². The van der Waals surface area contributed by atoms with Crippen molar-refractivity contribution in [3.63, 3.8) is 0 Å². The first kappa shape index (κ1) is 18.5. The van der Waals surface area contributed by atoms with E-state index in [1.54, 1.807) is 0 Å². The lowest BCUT2D eigenvalue weighted by atomic mass is 9.92. The van der Waals surface area contributed by atoms with E-state index in [4.69, 9.17) is 0 Å². The van der Waals surface area contributed by atoms with Gasteiger partial charge in [0, 0.05) is 19.6 Å². The molecule has 2 aliphatic rings. The number of amides is 3. The maximum Gasteiger partial charge on any atom is 0.315 e. The van der Waals surface area contributed by atoms with Crippen molar-refractivity contribution >= 4 is 11.9 Å². The summed E-state index contributed by atoms with van der Waals surface area (Å²) in [5.41, 5.74) is 2.80. The number of nitrogens with one attached hydrogen (secondary N) is 2. The van der Waals surface area contributed by atoms with Crippen LogP contribution in [0, 0.1) is 0 Å². The van der Waals surface area contributed by atoms with Gasteiger partial charge in [-0.2, -0.15) is 0 Å². The number of carbonyl (C=O) groups is 2. The van der Waals surface area contributed by atoms with E-state index in [0.717, 1.165) is 24.8 Å². The third kappa shape index (κ3) is 3.88. The molecule has 0 saturated heterocycles. The van der Waals surface area contributed by atoms with Crippen molar-refractivity contribution in [1.29, 1.82) is 0 Å². The molecule has 0 atom stereocenters. The largest absolute Gasteiger partial charge is 0.336 e. The van der Waals surface area contributed by atoms with Crippen molar-refractivity contribution in [3.05, 3.63) is 71.3 Å². The Morgan fingerprint density at radius 3 is 2.36 bits per heavy atom. The zero-order valence-corrected chi connectivity index (χ0v) is 16.1. The fourth-order valence-electron chi connectivity index (χ4n) is 4.38. The van der Waals surface area contributed by atoms with E-state index < -0.39 is 5.54 Å². The predicted molar refractivity (Wildman–Crippen MR) is 109 cm³/mol. The highest BCUT2D eigenvalue weighted by atomic mass is 16.2. The molecule has 2 N–H and O–H groups in total. The predicted octanol–water partition coefficient (Wildman–Crippen LogP) is 3.38. The number of urea groups is 1. The molecule has 2 aromatic carbocycles. The first-order chi connectivity index (χ1) is 13.7. The average molecular weight is 377 g/mol. The van der Waals surface area contributed by atoms with Gasteiger partial charge in [-0.25, -0.2) is 4.79 Å². The number of hydrogen-bond donors (Lipinski definition) is 2. The molecular weight excluding hydrogens is 350 g/mol. The van der Waals surface area contributed by atoms with Gasteiger partial charge in [0.1, 0.15) is 5.54 Å². The van der Waals surface area contributed by atoms with Crippen LogP contribution in [-0.4, -0.2) is 28.9 Å². The average Bonchev–Trinajstić information content (AvgIpc) is 3.21. The van der Waals surface area contributed by atoms with Crippen molar-refractivity contribution in [2.75, 3.05) is 6.54 Å². The Morgan fingerprint density at radius 1 is 0.929 bits per heavy atom. The van der Waals surface area contributed by atoms with Crippen LogP contribution in [0.5, 0.6) is 0 Å². The summed E-state index contributed by atoms with van der Waals surface area (Å²) in [6.07, 6.45) is 4.23. The Morgan fingerprint density at radius 2 is 1.61 bits per heavy atom. The molecule has 1 fully saturated rings. The zero-order valence-electron chi connectivity index (χ0n) is 16.1. The first-order valence-electron chi connectivity index (χ1n) is 10.1. The summed E-state index contributed by atoms with van der Waals surface area (Å²) >= 11 is 0. The van der Waals surface area contributed by atoms with E-state index in [0.29, 0.717) is 32.5 Å². The van der Waals surface area contributed by atoms with E-state index in [1.165, 1.54) is 11.1 Å². The molecule has 4 rings (SSSR count). The van der Waals surface area contributed by atoms with E-state index >= 15 is 0 Å². The van der Waals surface area contributed by atoms with E-state index in [-0.39, 0.29) is 11.9 Å². The van der Waals surface area contributed by atoms with Gasteiger partial charge in [-0.05, 0) is 36.0 Å². The number of fused-ring (bicyclic) bond motifs is 1. The topological polar surface area (TPSA) is 61.4 Å². The number of benzene rings is 2. The third-order valence-corrected chi connectivity index (χ3v) is 5.93. The van der Waals surface area contributed by atoms with Gasteiger partial charge in [-0.15, -0.1) is 0 Å². The fourth-order valence-corrected chi connectivity index (χ4v) is 4.38. The van der Waals surface area contributed by atoms with Gasteiger partial charge in [-0.3, -0.25) is 4.79 Å².